The maximum atomic E-state index is 7.71. The molecule has 1 N–H and O–H groups in total. The third-order valence-electron chi connectivity index (χ3n) is 3.91. The molecule has 0 aliphatic carbocycles. The maximum Gasteiger partial charge on any atom is 0.159 e. The molecule has 0 aliphatic heterocycles. The molecule has 2 rings (SSSR count). The topological polar surface area (TPSA) is 55.2 Å². The molecule has 26 heavy (non-hydrogen) atoms. The van der Waals surface area contributed by atoms with Crippen LogP contribution in [0.25, 0.3) is 11.4 Å². The van der Waals surface area contributed by atoms with Crippen LogP contribution >= 0.6 is 0 Å². The molecule has 5 heteroatoms. The predicted octanol–water partition coefficient (Wildman–Crippen LogP) is 4.69. The zero-order chi connectivity index (χ0) is 19.0. The second kappa shape index (κ2) is 14.4. The summed E-state index contributed by atoms with van der Waals surface area (Å²) in [6, 6.07) is 8.04. The summed E-state index contributed by atoms with van der Waals surface area (Å²) < 4.78 is 5.80. The number of benzene rings is 1. The summed E-state index contributed by atoms with van der Waals surface area (Å²) in [6.45, 7) is 6.86. The minimum atomic E-state index is -0.583. The van der Waals surface area contributed by atoms with Crippen LogP contribution in [0.15, 0.2) is 36.7 Å². The lowest BCUT2D eigenvalue weighted by atomic mass is 10.1. The molecule has 0 saturated heterocycles. The maximum absolute atomic E-state index is 7.71. The standard InChI is InChI=1S/C20H28N2O.CH6OSi/c1-3-4-5-6-7-8-9-14-23-19-12-10-18(11-13-19)20-21-15-17(2)16-22-20;1-3-2/h10-13,15-16H,3-9,14H2,1-2H3;2H,3H2,1H3. The van der Waals surface area contributed by atoms with Crippen molar-refractivity contribution in [2.24, 2.45) is 0 Å². The fourth-order valence-corrected chi connectivity index (χ4v) is 2.49. The monoisotopic (exact) mass is 374 g/mol. The van der Waals surface area contributed by atoms with Crippen LogP contribution in [0.3, 0.4) is 0 Å². The van der Waals surface area contributed by atoms with Crippen molar-refractivity contribution in [1.29, 1.82) is 0 Å². The fraction of sp³-hybridized carbons (Fsp3) is 0.524. The smallest absolute Gasteiger partial charge is 0.159 e. The zero-order valence-corrected chi connectivity index (χ0v) is 18.0. The number of ether oxygens (including phenoxy) is 1. The molecule has 0 spiro atoms. The summed E-state index contributed by atoms with van der Waals surface area (Å²) in [5.74, 6) is 1.68. The number of aromatic nitrogens is 2. The normalized spacial score (nSPS) is 10.6. The molecule has 0 aliphatic rings. The van der Waals surface area contributed by atoms with Gasteiger partial charge in [0.25, 0.3) is 0 Å². The van der Waals surface area contributed by atoms with E-state index < -0.39 is 9.76 Å². The van der Waals surface area contributed by atoms with Gasteiger partial charge in [-0.15, -0.1) is 0 Å². The Morgan fingerprint density at radius 2 is 1.46 bits per heavy atom. The van der Waals surface area contributed by atoms with Crippen molar-refractivity contribution < 1.29 is 9.53 Å². The average Bonchev–Trinajstić information content (AvgIpc) is 2.66. The molecule has 4 nitrogen and oxygen atoms in total. The molecule has 0 radical (unpaired) electrons. The summed E-state index contributed by atoms with van der Waals surface area (Å²) in [7, 11) is -0.583. The molecule has 144 valence electrons. The second-order valence-corrected chi connectivity index (χ2v) is 7.03. The van der Waals surface area contributed by atoms with Gasteiger partial charge in [0.05, 0.1) is 6.61 Å². The van der Waals surface area contributed by atoms with Crippen LogP contribution in [0.1, 0.15) is 57.4 Å². The number of aryl methyl sites for hydroxylation is 1. The number of rotatable bonds is 10. The van der Waals surface area contributed by atoms with E-state index in [0.717, 1.165) is 35.7 Å². The third kappa shape index (κ3) is 9.68. The van der Waals surface area contributed by atoms with E-state index in [1.165, 1.54) is 38.5 Å². The Bertz CT molecular complexity index is 574. The highest BCUT2D eigenvalue weighted by Gasteiger charge is 2.01. The van der Waals surface area contributed by atoms with Crippen LogP contribution in [0, 0.1) is 6.92 Å². The number of nitrogens with zero attached hydrogens (tertiary/aromatic N) is 2. The zero-order valence-electron chi connectivity index (χ0n) is 16.6. The van der Waals surface area contributed by atoms with Gasteiger partial charge in [-0.1, -0.05) is 52.0 Å². The van der Waals surface area contributed by atoms with E-state index in [1.807, 2.05) is 50.1 Å². The SMILES string of the molecule is CCCCCCCCCOc1ccc(-c2ncc(C)cn2)cc1.C[SiH2]O. The van der Waals surface area contributed by atoms with Crippen LogP contribution in [-0.4, -0.2) is 31.1 Å². The summed E-state index contributed by atoms with van der Waals surface area (Å²) in [4.78, 5) is 16.4. The number of unbranched alkanes of at least 4 members (excludes halogenated alkanes) is 6. The van der Waals surface area contributed by atoms with Crippen LogP contribution in [0.2, 0.25) is 6.55 Å². The van der Waals surface area contributed by atoms with Gasteiger partial charge in [-0.2, -0.15) is 0 Å². The first-order valence-corrected chi connectivity index (χ1v) is 11.9. The Balaban J connectivity index is 0.00000105. The van der Waals surface area contributed by atoms with E-state index in [1.54, 1.807) is 0 Å². The van der Waals surface area contributed by atoms with Gasteiger partial charge in [0.2, 0.25) is 0 Å². The summed E-state index contributed by atoms with van der Waals surface area (Å²) in [5, 5.41) is 0. The van der Waals surface area contributed by atoms with Gasteiger partial charge >= 0.3 is 0 Å². The molecule has 0 unspecified atom stereocenters. The summed E-state index contributed by atoms with van der Waals surface area (Å²) >= 11 is 0. The van der Waals surface area contributed by atoms with Gasteiger partial charge in [0, 0.05) is 18.0 Å². The van der Waals surface area contributed by atoms with E-state index in [2.05, 4.69) is 16.9 Å². The van der Waals surface area contributed by atoms with Gasteiger partial charge in [-0.05, 0) is 43.2 Å². The summed E-state index contributed by atoms with van der Waals surface area (Å²) in [5.41, 5.74) is 2.09. The van der Waals surface area contributed by atoms with Gasteiger partial charge in [0.15, 0.2) is 15.6 Å². The fourth-order valence-electron chi connectivity index (χ4n) is 2.49. The first-order valence-electron chi connectivity index (χ1n) is 9.84. The average molecular weight is 375 g/mol. The second-order valence-electron chi connectivity index (χ2n) is 6.39. The van der Waals surface area contributed by atoms with Crippen molar-refractivity contribution in [3.63, 3.8) is 0 Å². The van der Waals surface area contributed by atoms with E-state index >= 15 is 0 Å². The Hall–Kier alpha value is -1.72. The van der Waals surface area contributed by atoms with E-state index in [9.17, 15) is 0 Å². The lowest BCUT2D eigenvalue weighted by Crippen LogP contribution is -1.97. The highest BCUT2D eigenvalue weighted by atomic mass is 28.2. The molecular formula is C21H34N2O2Si. The largest absolute Gasteiger partial charge is 0.494 e. The molecule has 1 heterocycles. The molecule has 0 bridgehead atoms. The lowest BCUT2D eigenvalue weighted by molar-refractivity contribution is 0.304. The van der Waals surface area contributed by atoms with Gasteiger partial charge < -0.3 is 9.53 Å². The van der Waals surface area contributed by atoms with Crippen molar-refractivity contribution in [2.45, 2.75) is 65.3 Å². The van der Waals surface area contributed by atoms with Crippen LogP contribution in [-0.2, 0) is 0 Å². The highest BCUT2D eigenvalue weighted by molar-refractivity contribution is 6.22. The molecule has 1 aromatic heterocycles. The number of hydrogen-bond donors (Lipinski definition) is 1. The minimum Gasteiger partial charge on any atom is -0.494 e. The first kappa shape index (κ1) is 22.3. The quantitative estimate of drug-likeness (QED) is 0.484. The lowest BCUT2D eigenvalue weighted by Gasteiger charge is -2.07. The van der Waals surface area contributed by atoms with Crippen molar-refractivity contribution in [3.8, 4) is 17.1 Å². The van der Waals surface area contributed by atoms with Crippen molar-refractivity contribution in [3.05, 3.63) is 42.2 Å². The Morgan fingerprint density at radius 1 is 0.923 bits per heavy atom. The van der Waals surface area contributed by atoms with Gasteiger partial charge in [-0.3, -0.25) is 0 Å². The Labute approximate surface area is 161 Å². The van der Waals surface area contributed by atoms with E-state index in [0.29, 0.717) is 0 Å². The van der Waals surface area contributed by atoms with Crippen LogP contribution in [0.5, 0.6) is 5.75 Å². The van der Waals surface area contributed by atoms with E-state index in [-0.39, 0.29) is 0 Å². The Morgan fingerprint density at radius 3 is 2.04 bits per heavy atom. The number of hydrogen-bond acceptors (Lipinski definition) is 4. The molecular weight excluding hydrogens is 340 g/mol. The predicted molar refractivity (Wildman–Crippen MR) is 112 cm³/mol. The van der Waals surface area contributed by atoms with Crippen LogP contribution in [0.4, 0.5) is 0 Å². The first-order chi connectivity index (χ1) is 12.7. The third-order valence-corrected chi connectivity index (χ3v) is 3.91. The molecule has 0 atom stereocenters. The van der Waals surface area contributed by atoms with Crippen molar-refractivity contribution in [1.82, 2.24) is 9.97 Å². The molecule has 2 aromatic rings. The summed E-state index contributed by atoms with van der Waals surface area (Å²) in [6.07, 6.45) is 12.8. The molecule has 1 aromatic carbocycles. The van der Waals surface area contributed by atoms with Crippen molar-refractivity contribution in [2.75, 3.05) is 6.61 Å². The molecule has 0 amide bonds. The molecule has 0 fully saturated rings. The van der Waals surface area contributed by atoms with Crippen molar-refractivity contribution >= 4 is 9.76 Å². The van der Waals surface area contributed by atoms with Crippen LogP contribution < -0.4 is 4.74 Å². The van der Waals surface area contributed by atoms with E-state index in [4.69, 9.17) is 9.53 Å². The minimum absolute atomic E-state index is 0.583. The highest BCUT2D eigenvalue weighted by Crippen LogP contribution is 2.19. The Kier molecular flexibility index (Phi) is 12.4. The van der Waals surface area contributed by atoms with Gasteiger partial charge in [0.1, 0.15) is 5.75 Å². The molecule has 0 saturated carbocycles. The van der Waals surface area contributed by atoms with Gasteiger partial charge in [-0.25, -0.2) is 9.97 Å².